The Kier molecular flexibility index (Phi) is 9.22. The monoisotopic (exact) mass is 580 g/mol. The Balaban J connectivity index is 1.40. The highest BCUT2D eigenvalue weighted by Crippen LogP contribution is 2.24. The molecule has 0 saturated carbocycles. The Morgan fingerprint density at radius 3 is 2.59 bits per heavy atom. The molecule has 2 saturated heterocycles. The van der Waals surface area contributed by atoms with E-state index in [2.05, 4.69) is 34.4 Å². The minimum absolute atomic E-state index is 0.0541. The predicted molar refractivity (Wildman–Crippen MR) is 158 cm³/mol. The van der Waals surface area contributed by atoms with Crippen molar-refractivity contribution < 1.29 is 19.1 Å². The standard InChI is InChI=1S/C30H37ClN6O4/c1-20(2)35-11-8-24(9-12-35)33-29(39)26-17-22-16-21(30(40)36-10-3-14-41-15-13-36)4-6-25(22)37(26)19-28(38)34-27-7-5-23(31)18-32-27/h4-7,16-18,20,24H,3,8-15,19H2,1-2H3,(H,33,39)(H,32,34,38). The molecule has 2 aromatic heterocycles. The van der Waals surface area contributed by atoms with E-state index in [9.17, 15) is 14.4 Å². The maximum Gasteiger partial charge on any atom is 0.268 e. The van der Waals surface area contributed by atoms with Crippen LogP contribution >= 0.6 is 11.6 Å². The topological polar surface area (TPSA) is 109 Å². The maximum absolute atomic E-state index is 13.6. The van der Waals surface area contributed by atoms with E-state index >= 15 is 0 Å². The van der Waals surface area contributed by atoms with Crippen molar-refractivity contribution in [1.82, 2.24) is 24.7 Å². The molecule has 3 aromatic rings. The fourth-order valence-corrected chi connectivity index (χ4v) is 5.60. The summed E-state index contributed by atoms with van der Waals surface area (Å²) in [5, 5.41) is 7.15. The normalized spacial score (nSPS) is 17.0. The number of nitrogens with zero attached hydrogens (tertiary/aromatic N) is 4. The highest BCUT2D eigenvalue weighted by molar-refractivity contribution is 6.30. The van der Waals surface area contributed by atoms with E-state index in [1.807, 2.05) is 6.07 Å². The number of hydrogen-bond acceptors (Lipinski definition) is 6. The molecule has 0 atom stereocenters. The molecule has 5 rings (SSSR count). The van der Waals surface area contributed by atoms with Crippen LogP contribution in [0.3, 0.4) is 0 Å². The Hall–Kier alpha value is -3.47. The van der Waals surface area contributed by atoms with Crippen molar-refractivity contribution in [3.8, 4) is 0 Å². The lowest BCUT2D eigenvalue weighted by Crippen LogP contribution is -2.47. The molecular weight excluding hydrogens is 544 g/mol. The summed E-state index contributed by atoms with van der Waals surface area (Å²) in [5.41, 5.74) is 1.61. The third-order valence-electron chi connectivity index (χ3n) is 7.78. The van der Waals surface area contributed by atoms with Crippen molar-refractivity contribution in [2.45, 2.75) is 51.7 Å². The zero-order chi connectivity index (χ0) is 28.9. The van der Waals surface area contributed by atoms with Crippen LogP contribution in [0.15, 0.2) is 42.6 Å². The number of nitrogens with one attached hydrogen (secondary N) is 2. The van der Waals surface area contributed by atoms with Crippen LogP contribution in [0, 0.1) is 0 Å². The summed E-state index contributed by atoms with van der Waals surface area (Å²) in [7, 11) is 0. The van der Waals surface area contributed by atoms with Crippen molar-refractivity contribution in [3.63, 3.8) is 0 Å². The van der Waals surface area contributed by atoms with Gasteiger partial charge in [0, 0.05) is 67.5 Å². The average molecular weight is 581 g/mol. The van der Waals surface area contributed by atoms with E-state index in [0.29, 0.717) is 60.0 Å². The Morgan fingerprint density at radius 2 is 1.85 bits per heavy atom. The minimum atomic E-state index is -0.332. The zero-order valence-electron chi connectivity index (χ0n) is 23.6. The second-order valence-electron chi connectivity index (χ2n) is 10.9. The number of carbonyl (C=O) groups excluding carboxylic acids is 3. The summed E-state index contributed by atoms with van der Waals surface area (Å²) in [6.07, 6.45) is 3.99. The van der Waals surface area contributed by atoms with Crippen LogP contribution in [0.4, 0.5) is 5.82 Å². The Bertz CT molecular complexity index is 1390. The van der Waals surface area contributed by atoms with Gasteiger partial charge in [0.25, 0.3) is 11.8 Å². The van der Waals surface area contributed by atoms with Crippen molar-refractivity contribution >= 4 is 46.0 Å². The smallest absolute Gasteiger partial charge is 0.268 e. The van der Waals surface area contributed by atoms with Crippen LogP contribution in [0.1, 0.15) is 54.0 Å². The van der Waals surface area contributed by atoms with Crippen LogP contribution < -0.4 is 10.6 Å². The molecule has 0 unspecified atom stereocenters. The van der Waals surface area contributed by atoms with Crippen molar-refractivity contribution in [2.75, 3.05) is 44.7 Å². The molecule has 0 radical (unpaired) electrons. The number of fused-ring (bicyclic) bond motifs is 1. The summed E-state index contributed by atoms with van der Waals surface area (Å²) in [4.78, 5) is 48.3. The molecule has 218 valence electrons. The first-order valence-electron chi connectivity index (χ1n) is 14.2. The number of aromatic nitrogens is 2. The number of ether oxygens (including phenoxy) is 1. The van der Waals surface area contributed by atoms with Crippen LogP contribution in [0.5, 0.6) is 0 Å². The van der Waals surface area contributed by atoms with Crippen LogP contribution in [-0.2, 0) is 16.1 Å². The second kappa shape index (κ2) is 13.0. The molecule has 2 fully saturated rings. The summed E-state index contributed by atoms with van der Waals surface area (Å²) in [6.45, 7) is 8.46. The number of pyridine rings is 1. The van der Waals surface area contributed by atoms with Gasteiger partial charge in [-0.2, -0.15) is 0 Å². The quantitative estimate of drug-likeness (QED) is 0.440. The van der Waals surface area contributed by atoms with E-state index in [-0.39, 0.29) is 30.3 Å². The van der Waals surface area contributed by atoms with Crippen molar-refractivity contribution in [2.24, 2.45) is 0 Å². The molecule has 3 amide bonds. The highest BCUT2D eigenvalue weighted by Gasteiger charge is 2.26. The molecule has 0 aliphatic carbocycles. The molecule has 10 nitrogen and oxygen atoms in total. The predicted octanol–water partition coefficient (Wildman–Crippen LogP) is 3.79. The van der Waals surface area contributed by atoms with Gasteiger partial charge in [-0.25, -0.2) is 4.98 Å². The number of halogens is 1. The molecule has 41 heavy (non-hydrogen) atoms. The number of rotatable bonds is 7. The number of carbonyl (C=O) groups is 3. The van der Waals surface area contributed by atoms with Gasteiger partial charge < -0.3 is 29.7 Å². The molecule has 1 aromatic carbocycles. The van der Waals surface area contributed by atoms with E-state index in [4.69, 9.17) is 16.3 Å². The first-order valence-corrected chi connectivity index (χ1v) is 14.6. The van der Waals surface area contributed by atoms with Gasteiger partial charge in [-0.3, -0.25) is 14.4 Å². The van der Waals surface area contributed by atoms with Gasteiger partial charge in [-0.15, -0.1) is 0 Å². The molecule has 4 heterocycles. The molecular formula is C30H37ClN6O4. The lowest BCUT2D eigenvalue weighted by Gasteiger charge is -2.34. The van der Waals surface area contributed by atoms with E-state index < -0.39 is 0 Å². The number of piperidine rings is 1. The number of amides is 3. The van der Waals surface area contributed by atoms with Gasteiger partial charge in [0.05, 0.1) is 11.6 Å². The molecule has 0 bridgehead atoms. The van der Waals surface area contributed by atoms with E-state index in [0.717, 1.165) is 37.7 Å². The van der Waals surface area contributed by atoms with Gasteiger partial charge in [0.15, 0.2) is 0 Å². The van der Waals surface area contributed by atoms with Gasteiger partial charge in [-0.1, -0.05) is 11.6 Å². The molecule has 2 N–H and O–H groups in total. The van der Waals surface area contributed by atoms with E-state index in [1.54, 1.807) is 39.8 Å². The second-order valence-corrected chi connectivity index (χ2v) is 11.4. The number of likely N-dealkylation sites (tertiary alicyclic amines) is 1. The summed E-state index contributed by atoms with van der Waals surface area (Å²) in [6, 6.07) is 10.9. The van der Waals surface area contributed by atoms with Crippen molar-refractivity contribution in [1.29, 1.82) is 0 Å². The fraction of sp³-hybridized carbons (Fsp3) is 0.467. The lowest BCUT2D eigenvalue weighted by molar-refractivity contribution is -0.116. The molecule has 11 heteroatoms. The number of anilines is 1. The maximum atomic E-state index is 13.6. The number of hydrogen-bond donors (Lipinski definition) is 2. The SMILES string of the molecule is CC(C)N1CCC(NC(=O)c2cc3cc(C(=O)N4CCCOCC4)ccc3n2CC(=O)Nc2ccc(Cl)cn2)CC1. The highest BCUT2D eigenvalue weighted by atomic mass is 35.5. The summed E-state index contributed by atoms with van der Waals surface area (Å²) < 4.78 is 7.20. The van der Waals surface area contributed by atoms with Gasteiger partial charge >= 0.3 is 0 Å². The third-order valence-corrected chi connectivity index (χ3v) is 8.01. The van der Waals surface area contributed by atoms with Crippen molar-refractivity contribution in [3.05, 3.63) is 58.9 Å². The van der Waals surface area contributed by atoms with Crippen LogP contribution in [-0.4, -0.2) is 88.5 Å². The number of benzene rings is 1. The first-order chi connectivity index (χ1) is 19.8. The Labute approximate surface area is 245 Å². The van der Waals surface area contributed by atoms with Gasteiger partial charge in [-0.05, 0) is 69.5 Å². The summed E-state index contributed by atoms with van der Waals surface area (Å²) >= 11 is 5.92. The molecule has 2 aliphatic rings. The molecule has 0 spiro atoms. The van der Waals surface area contributed by atoms with Crippen LogP contribution in [0.2, 0.25) is 5.02 Å². The first kappa shape index (κ1) is 29.0. The third kappa shape index (κ3) is 7.06. The fourth-order valence-electron chi connectivity index (χ4n) is 5.49. The lowest BCUT2D eigenvalue weighted by atomic mass is 10.0. The summed E-state index contributed by atoms with van der Waals surface area (Å²) in [5.74, 6) is -0.270. The Morgan fingerprint density at radius 1 is 1.05 bits per heavy atom. The van der Waals surface area contributed by atoms with Gasteiger partial charge in [0.1, 0.15) is 18.1 Å². The largest absolute Gasteiger partial charge is 0.380 e. The molecule has 2 aliphatic heterocycles. The van der Waals surface area contributed by atoms with E-state index in [1.165, 1.54) is 6.20 Å². The minimum Gasteiger partial charge on any atom is -0.380 e. The average Bonchev–Trinajstić information content (AvgIpc) is 3.11. The van der Waals surface area contributed by atoms with Crippen LogP contribution in [0.25, 0.3) is 10.9 Å². The van der Waals surface area contributed by atoms with Gasteiger partial charge in [0.2, 0.25) is 5.91 Å². The zero-order valence-corrected chi connectivity index (χ0v) is 24.3.